The number of hydrogen-bond acceptors (Lipinski definition) is 2. The number of aryl methyl sites for hydroxylation is 1. The molecule has 0 saturated carbocycles. The number of nitrogens with two attached hydrogens (primary N) is 1. The minimum absolute atomic E-state index is 0.838. The zero-order chi connectivity index (χ0) is 9.97. The molecule has 0 spiro atoms. The van der Waals surface area contributed by atoms with Gasteiger partial charge in [0.15, 0.2) is 0 Å². The molecule has 0 radical (unpaired) electrons. The summed E-state index contributed by atoms with van der Waals surface area (Å²) < 4.78 is 2.17. The highest BCUT2D eigenvalue weighted by atomic mass is 15.1. The molecule has 0 amide bonds. The number of pyridine rings is 1. The van der Waals surface area contributed by atoms with Gasteiger partial charge in [0.2, 0.25) is 0 Å². The quantitative estimate of drug-likeness (QED) is 0.532. The molecule has 2 rings (SSSR count). The molecule has 0 saturated heterocycles. The monoisotopic (exact) mass is 187 g/mol. The van der Waals surface area contributed by atoms with Gasteiger partial charge >= 0.3 is 0 Å². The summed E-state index contributed by atoms with van der Waals surface area (Å²) in [6.07, 6.45) is 2.01. The molecule has 0 aliphatic rings. The first-order valence-electron chi connectivity index (χ1n) is 4.69. The molecule has 0 bridgehead atoms. The van der Waals surface area contributed by atoms with Gasteiger partial charge in [0.05, 0.1) is 10.9 Å². The van der Waals surface area contributed by atoms with Gasteiger partial charge in [-0.25, -0.2) is 0 Å². The molecular formula is C11H13N3. The fraction of sp³-hybridized carbons (Fsp3) is 0.182. The van der Waals surface area contributed by atoms with Crippen LogP contribution in [-0.4, -0.2) is 4.57 Å². The van der Waals surface area contributed by atoms with E-state index in [2.05, 4.69) is 22.7 Å². The summed E-state index contributed by atoms with van der Waals surface area (Å²) in [5.74, 6) is 5.32. The van der Waals surface area contributed by atoms with Crippen LogP contribution in [0.4, 0.5) is 0 Å². The molecule has 3 heteroatoms. The van der Waals surface area contributed by atoms with E-state index in [-0.39, 0.29) is 0 Å². The Balaban J connectivity index is 2.93. The van der Waals surface area contributed by atoms with Gasteiger partial charge in [0, 0.05) is 18.1 Å². The molecule has 0 unspecified atom stereocenters. The molecule has 2 aromatic rings. The van der Waals surface area contributed by atoms with Crippen LogP contribution < -0.4 is 11.2 Å². The van der Waals surface area contributed by atoms with E-state index < -0.39 is 0 Å². The average Bonchev–Trinajstić information content (AvgIpc) is 2.27. The second-order valence-corrected chi connectivity index (χ2v) is 3.13. The van der Waals surface area contributed by atoms with E-state index in [1.165, 1.54) is 5.52 Å². The molecule has 72 valence electrons. The highest BCUT2D eigenvalue weighted by Crippen LogP contribution is 2.08. The lowest BCUT2D eigenvalue weighted by Gasteiger charge is -2.07. The maximum Gasteiger partial charge on any atom is 0.0934 e. The van der Waals surface area contributed by atoms with Gasteiger partial charge < -0.3 is 10.4 Å². The molecule has 2 N–H and O–H groups in total. The Morgan fingerprint density at radius 2 is 2.07 bits per heavy atom. The number of nitrogens with zero attached hydrogens (tertiary/aromatic N) is 2. The summed E-state index contributed by atoms with van der Waals surface area (Å²) in [5.41, 5.74) is 1.17. The lowest BCUT2D eigenvalue weighted by molar-refractivity contribution is 0.786. The lowest BCUT2D eigenvalue weighted by Crippen LogP contribution is -2.10. The fourth-order valence-electron chi connectivity index (χ4n) is 1.66. The maximum absolute atomic E-state index is 5.32. The van der Waals surface area contributed by atoms with E-state index in [9.17, 15) is 0 Å². The van der Waals surface area contributed by atoms with E-state index in [1.807, 2.05) is 30.5 Å². The van der Waals surface area contributed by atoms with Gasteiger partial charge in [-0.1, -0.05) is 18.2 Å². The highest BCUT2D eigenvalue weighted by molar-refractivity contribution is 5.78. The van der Waals surface area contributed by atoms with Crippen molar-refractivity contribution in [3.8, 4) is 0 Å². The molecule has 0 fully saturated rings. The molecule has 14 heavy (non-hydrogen) atoms. The van der Waals surface area contributed by atoms with Crippen LogP contribution in [0.25, 0.3) is 10.9 Å². The molecule has 1 aromatic carbocycles. The third-order valence-corrected chi connectivity index (χ3v) is 2.38. The molecule has 1 aromatic heterocycles. The number of aromatic nitrogens is 1. The minimum Gasteiger partial charge on any atom is -0.348 e. The topological polar surface area (TPSA) is 43.3 Å². The Bertz CT molecular complexity index is 511. The Hall–Kier alpha value is -1.77. The molecule has 0 aliphatic heterocycles. The van der Waals surface area contributed by atoms with Crippen LogP contribution in [0.3, 0.4) is 0 Å². The number of hydrogen-bond donors (Lipinski definition) is 1. The summed E-state index contributed by atoms with van der Waals surface area (Å²) in [7, 11) is 0. The second-order valence-electron chi connectivity index (χ2n) is 3.13. The summed E-state index contributed by atoms with van der Waals surface area (Å²) in [5, 5.41) is 5.70. The van der Waals surface area contributed by atoms with E-state index in [1.54, 1.807) is 0 Å². The Labute approximate surface area is 82.5 Å². The van der Waals surface area contributed by atoms with Crippen molar-refractivity contribution in [2.75, 3.05) is 0 Å². The maximum atomic E-state index is 5.32. The third-order valence-electron chi connectivity index (χ3n) is 2.38. The third kappa shape index (κ3) is 1.27. The number of para-hydroxylation sites is 1. The van der Waals surface area contributed by atoms with Gasteiger partial charge in [-0.3, -0.25) is 0 Å². The molecule has 1 heterocycles. The van der Waals surface area contributed by atoms with Crippen molar-refractivity contribution in [2.24, 2.45) is 10.9 Å². The van der Waals surface area contributed by atoms with Crippen molar-refractivity contribution in [1.29, 1.82) is 0 Å². The van der Waals surface area contributed by atoms with Crippen LogP contribution in [-0.2, 0) is 6.54 Å². The van der Waals surface area contributed by atoms with Crippen molar-refractivity contribution in [2.45, 2.75) is 13.5 Å². The van der Waals surface area contributed by atoms with Gasteiger partial charge in [-0.15, -0.1) is 0 Å². The van der Waals surface area contributed by atoms with E-state index in [0.29, 0.717) is 0 Å². The van der Waals surface area contributed by atoms with E-state index in [4.69, 9.17) is 5.84 Å². The summed E-state index contributed by atoms with van der Waals surface area (Å²) in [4.78, 5) is 0. The van der Waals surface area contributed by atoms with Crippen LogP contribution in [0, 0.1) is 0 Å². The second kappa shape index (κ2) is 3.54. The summed E-state index contributed by atoms with van der Waals surface area (Å²) in [6, 6.07) is 10.1. The number of fused-ring (bicyclic) bond motifs is 1. The smallest absolute Gasteiger partial charge is 0.0934 e. The molecule has 0 aliphatic carbocycles. The first-order chi connectivity index (χ1) is 6.86. The molecule has 3 nitrogen and oxygen atoms in total. The van der Waals surface area contributed by atoms with Crippen molar-refractivity contribution < 1.29 is 0 Å². The minimum atomic E-state index is 0.838. The molecular weight excluding hydrogens is 174 g/mol. The SMILES string of the molecule is CCn1ccc(=NN)c2ccccc21. The predicted molar refractivity (Wildman–Crippen MR) is 57.4 cm³/mol. The van der Waals surface area contributed by atoms with Crippen molar-refractivity contribution >= 4 is 10.9 Å². The predicted octanol–water partition coefficient (Wildman–Crippen LogP) is 1.44. The first-order valence-corrected chi connectivity index (χ1v) is 4.69. The normalized spacial score (nSPS) is 12.2. The van der Waals surface area contributed by atoms with Crippen LogP contribution >= 0.6 is 0 Å². The fourth-order valence-corrected chi connectivity index (χ4v) is 1.66. The Kier molecular flexibility index (Phi) is 2.23. The molecule has 0 atom stereocenters. The average molecular weight is 187 g/mol. The summed E-state index contributed by atoms with van der Waals surface area (Å²) >= 11 is 0. The van der Waals surface area contributed by atoms with Gasteiger partial charge in [0.1, 0.15) is 0 Å². The highest BCUT2D eigenvalue weighted by Gasteiger charge is 1.97. The van der Waals surface area contributed by atoms with Crippen molar-refractivity contribution in [3.63, 3.8) is 0 Å². The Morgan fingerprint density at radius 1 is 1.29 bits per heavy atom. The zero-order valence-electron chi connectivity index (χ0n) is 8.14. The van der Waals surface area contributed by atoms with Crippen molar-refractivity contribution in [1.82, 2.24) is 4.57 Å². The van der Waals surface area contributed by atoms with Crippen LogP contribution in [0.5, 0.6) is 0 Å². The zero-order valence-corrected chi connectivity index (χ0v) is 8.14. The first kappa shape index (κ1) is 8.81. The Morgan fingerprint density at radius 3 is 2.79 bits per heavy atom. The van der Waals surface area contributed by atoms with Gasteiger partial charge in [0.25, 0.3) is 0 Å². The number of benzene rings is 1. The van der Waals surface area contributed by atoms with Gasteiger partial charge in [-0.05, 0) is 19.1 Å². The standard InChI is InChI=1S/C11H13N3/c1-2-14-8-7-10(13-12)9-5-3-4-6-11(9)14/h3-8H,2,12H2,1H3. The van der Waals surface area contributed by atoms with Crippen LogP contribution in [0.2, 0.25) is 0 Å². The van der Waals surface area contributed by atoms with Gasteiger partial charge in [-0.2, -0.15) is 5.10 Å². The van der Waals surface area contributed by atoms with E-state index in [0.717, 1.165) is 17.3 Å². The van der Waals surface area contributed by atoms with Crippen LogP contribution in [0.1, 0.15) is 6.92 Å². The van der Waals surface area contributed by atoms with E-state index >= 15 is 0 Å². The largest absolute Gasteiger partial charge is 0.348 e. The summed E-state index contributed by atoms with van der Waals surface area (Å²) in [6.45, 7) is 3.07. The number of rotatable bonds is 1. The van der Waals surface area contributed by atoms with Crippen molar-refractivity contribution in [3.05, 3.63) is 41.9 Å². The lowest BCUT2D eigenvalue weighted by atomic mass is 10.2. The van der Waals surface area contributed by atoms with Crippen LogP contribution in [0.15, 0.2) is 41.6 Å².